The van der Waals surface area contributed by atoms with E-state index in [1.807, 2.05) is 0 Å². The zero-order valence-electron chi connectivity index (χ0n) is 11.0. The highest BCUT2D eigenvalue weighted by molar-refractivity contribution is 6.33. The fourth-order valence-corrected chi connectivity index (χ4v) is 2.49. The summed E-state index contributed by atoms with van der Waals surface area (Å²) in [5.74, 6) is -0.256. The van der Waals surface area contributed by atoms with Crippen LogP contribution in [0.3, 0.4) is 0 Å². The molecule has 1 aromatic rings. The van der Waals surface area contributed by atoms with Crippen LogP contribution in [0.1, 0.15) is 23.2 Å². The molecule has 1 heterocycles. The van der Waals surface area contributed by atoms with Crippen molar-refractivity contribution >= 4 is 17.5 Å². The number of hydrogen-bond donors (Lipinski definition) is 2. The van der Waals surface area contributed by atoms with Crippen LogP contribution in [0.4, 0.5) is 0 Å². The number of hydrogen-bond acceptors (Lipinski definition) is 4. The number of nitriles is 1. The molecule has 1 aliphatic rings. The first-order valence-electron chi connectivity index (χ1n) is 6.49. The Morgan fingerprint density at radius 3 is 2.85 bits per heavy atom. The van der Waals surface area contributed by atoms with Gasteiger partial charge in [-0.05, 0) is 31.0 Å². The maximum Gasteiger partial charge on any atom is 0.253 e. The molecule has 2 rings (SSSR count). The van der Waals surface area contributed by atoms with Crippen molar-refractivity contribution in [1.82, 2.24) is 10.2 Å². The zero-order chi connectivity index (χ0) is 14.5. The van der Waals surface area contributed by atoms with Gasteiger partial charge in [-0.3, -0.25) is 9.69 Å². The lowest BCUT2D eigenvalue weighted by Gasteiger charge is -2.30. The lowest BCUT2D eigenvalue weighted by Crippen LogP contribution is -2.44. The molecule has 0 radical (unpaired) electrons. The van der Waals surface area contributed by atoms with E-state index in [1.165, 1.54) is 18.2 Å². The number of rotatable bonds is 3. The van der Waals surface area contributed by atoms with E-state index < -0.39 is 0 Å². The van der Waals surface area contributed by atoms with Crippen molar-refractivity contribution in [2.24, 2.45) is 0 Å². The molecule has 6 heteroatoms. The summed E-state index contributed by atoms with van der Waals surface area (Å²) in [7, 11) is 0. The average molecular weight is 294 g/mol. The first kappa shape index (κ1) is 14.6. The Bertz CT molecular complexity index is 534. The van der Waals surface area contributed by atoms with Gasteiger partial charge in [0.05, 0.1) is 23.2 Å². The first-order chi connectivity index (χ1) is 9.60. The largest absolute Gasteiger partial charge is 0.508 e. The summed E-state index contributed by atoms with van der Waals surface area (Å²) < 4.78 is 0. The van der Waals surface area contributed by atoms with Gasteiger partial charge in [0.2, 0.25) is 0 Å². The summed E-state index contributed by atoms with van der Waals surface area (Å²) in [4.78, 5) is 14.2. The molecule has 1 saturated heterocycles. The number of benzene rings is 1. The van der Waals surface area contributed by atoms with E-state index in [4.69, 9.17) is 16.9 Å². The standard InChI is InChI=1S/C14H16ClN3O2/c15-13-2-1-11(19)9-12(13)14(20)17-10-3-6-18(7-4-10)8-5-16/h1-2,9-10,19H,3-4,6-8H2,(H,17,20). The van der Waals surface area contributed by atoms with Gasteiger partial charge in [-0.25, -0.2) is 0 Å². The lowest BCUT2D eigenvalue weighted by molar-refractivity contribution is 0.0914. The molecule has 0 spiro atoms. The molecule has 0 aromatic heterocycles. The van der Waals surface area contributed by atoms with Crippen LogP contribution >= 0.6 is 11.6 Å². The highest BCUT2D eigenvalue weighted by atomic mass is 35.5. The third-order valence-electron chi connectivity index (χ3n) is 3.41. The third-order valence-corrected chi connectivity index (χ3v) is 3.74. The Balaban J connectivity index is 1.93. The minimum Gasteiger partial charge on any atom is -0.508 e. The highest BCUT2D eigenvalue weighted by Gasteiger charge is 2.21. The molecule has 0 aliphatic carbocycles. The minimum atomic E-state index is -0.273. The van der Waals surface area contributed by atoms with Crippen molar-refractivity contribution in [3.05, 3.63) is 28.8 Å². The zero-order valence-corrected chi connectivity index (χ0v) is 11.7. The van der Waals surface area contributed by atoms with Crippen molar-refractivity contribution in [3.63, 3.8) is 0 Å². The topological polar surface area (TPSA) is 76.4 Å². The molecule has 5 nitrogen and oxygen atoms in total. The molecule has 0 atom stereocenters. The summed E-state index contributed by atoms with van der Waals surface area (Å²) in [5.41, 5.74) is 0.283. The molecule has 1 amide bonds. The Kier molecular flexibility index (Phi) is 4.83. The number of aromatic hydroxyl groups is 1. The van der Waals surface area contributed by atoms with Crippen molar-refractivity contribution in [2.45, 2.75) is 18.9 Å². The summed E-state index contributed by atoms with van der Waals surface area (Å²) in [6.45, 7) is 2.03. The van der Waals surface area contributed by atoms with Crippen LogP contribution in [0.15, 0.2) is 18.2 Å². The molecule has 106 valence electrons. The van der Waals surface area contributed by atoms with E-state index in [9.17, 15) is 9.90 Å². The number of phenols is 1. The number of nitrogens with one attached hydrogen (secondary N) is 1. The maximum atomic E-state index is 12.1. The quantitative estimate of drug-likeness (QED) is 0.833. The van der Waals surface area contributed by atoms with Crippen LogP contribution in [0.2, 0.25) is 5.02 Å². The number of carbonyl (C=O) groups excluding carboxylic acids is 1. The van der Waals surface area contributed by atoms with Crippen LogP contribution in [-0.2, 0) is 0 Å². The summed E-state index contributed by atoms with van der Waals surface area (Å²) in [6.07, 6.45) is 1.62. The van der Waals surface area contributed by atoms with Crippen LogP contribution in [-0.4, -0.2) is 41.6 Å². The number of amides is 1. The number of halogens is 1. The second-order valence-corrected chi connectivity index (χ2v) is 5.25. The van der Waals surface area contributed by atoms with Crippen molar-refractivity contribution in [2.75, 3.05) is 19.6 Å². The van der Waals surface area contributed by atoms with Gasteiger partial charge in [-0.2, -0.15) is 5.26 Å². The van der Waals surface area contributed by atoms with E-state index in [2.05, 4.69) is 16.3 Å². The molecule has 1 fully saturated rings. The average Bonchev–Trinajstić information content (AvgIpc) is 2.44. The summed E-state index contributed by atoms with van der Waals surface area (Å²) >= 11 is 5.96. The molecule has 1 aliphatic heterocycles. The van der Waals surface area contributed by atoms with Gasteiger partial charge >= 0.3 is 0 Å². The number of likely N-dealkylation sites (tertiary alicyclic amines) is 1. The van der Waals surface area contributed by atoms with Crippen LogP contribution in [0.25, 0.3) is 0 Å². The monoisotopic (exact) mass is 293 g/mol. The van der Waals surface area contributed by atoms with E-state index >= 15 is 0 Å². The van der Waals surface area contributed by atoms with Gasteiger partial charge in [0.25, 0.3) is 5.91 Å². The van der Waals surface area contributed by atoms with Crippen molar-refractivity contribution in [1.29, 1.82) is 5.26 Å². The van der Waals surface area contributed by atoms with Gasteiger partial charge in [0.1, 0.15) is 5.75 Å². The Labute approximate surface area is 122 Å². The van der Waals surface area contributed by atoms with E-state index in [0.29, 0.717) is 11.6 Å². The summed E-state index contributed by atoms with van der Waals surface area (Å²) in [5, 5.41) is 21.3. The third kappa shape index (κ3) is 3.62. The van der Waals surface area contributed by atoms with Gasteiger partial charge in [-0.15, -0.1) is 0 Å². The fraction of sp³-hybridized carbons (Fsp3) is 0.429. The molecule has 0 unspecified atom stereocenters. The van der Waals surface area contributed by atoms with Gasteiger partial charge in [0.15, 0.2) is 0 Å². The molecule has 20 heavy (non-hydrogen) atoms. The predicted octanol–water partition coefficient (Wildman–Crippen LogP) is 1.76. The fourth-order valence-electron chi connectivity index (χ4n) is 2.29. The van der Waals surface area contributed by atoms with Gasteiger partial charge < -0.3 is 10.4 Å². The first-order valence-corrected chi connectivity index (χ1v) is 6.86. The maximum absolute atomic E-state index is 12.1. The molecule has 2 N–H and O–H groups in total. The van der Waals surface area contributed by atoms with Crippen molar-refractivity contribution < 1.29 is 9.90 Å². The van der Waals surface area contributed by atoms with Crippen LogP contribution in [0.5, 0.6) is 5.75 Å². The molecular weight excluding hydrogens is 278 g/mol. The smallest absolute Gasteiger partial charge is 0.253 e. The van der Waals surface area contributed by atoms with E-state index in [0.717, 1.165) is 25.9 Å². The molecule has 0 saturated carbocycles. The van der Waals surface area contributed by atoms with Crippen LogP contribution in [0, 0.1) is 11.3 Å². The second-order valence-electron chi connectivity index (χ2n) is 4.85. The predicted molar refractivity (Wildman–Crippen MR) is 75.7 cm³/mol. The lowest BCUT2D eigenvalue weighted by atomic mass is 10.0. The molecule has 0 bridgehead atoms. The van der Waals surface area contributed by atoms with Gasteiger partial charge in [0, 0.05) is 19.1 Å². The number of piperidine rings is 1. The normalized spacial score (nSPS) is 16.6. The number of carbonyl (C=O) groups is 1. The van der Waals surface area contributed by atoms with Crippen molar-refractivity contribution in [3.8, 4) is 11.8 Å². The highest BCUT2D eigenvalue weighted by Crippen LogP contribution is 2.21. The molecular formula is C14H16ClN3O2. The van der Waals surface area contributed by atoms with Gasteiger partial charge in [-0.1, -0.05) is 11.6 Å². The second kappa shape index (κ2) is 6.60. The Hall–Kier alpha value is -1.77. The van der Waals surface area contributed by atoms with E-state index in [-0.39, 0.29) is 23.3 Å². The molecule has 1 aromatic carbocycles. The number of nitrogens with zero attached hydrogens (tertiary/aromatic N) is 2. The SMILES string of the molecule is N#CCN1CCC(NC(=O)c2cc(O)ccc2Cl)CC1. The minimum absolute atomic E-state index is 0.0170. The van der Waals surface area contributed by atoms with E-state index in [1.54, 1.807) is 0 Å². The Morgan fingerprint density at radius 1 is 1.50 bits per heavy atom. The Morgan fingerprint density at radius 2 is 2.20 bits per heavy atom. The van der Waals surface area contributed by atoms with Crippen LogP contribution < -0.4 is 5.32 Å². The number of phenolic OH excluding ortho intramolecular Hbond substituents is 1. The summed E-state index contributed by atoms with van der Waals surface area (Å²) in [6, 6.07) is 6.51.